The maximum atomic E-state index is 12.7. The molecule has 0 amide bonds. The van der Waals surface area contributed by atoms with E-state index in [9.17, 15) is 16.8 Å². The number of sulfonamides is 2. The second-order valence-electron chi connectivity index (χ2n) is 13.1. The van der Waals surface area contributed by atoms with Gasteiger partial charge in [0.05, 0.1) is 21.3 Å². The topological polar surface area (TPSA) is 118 Å². The number of fused-ring (bicyclic) bond motifs is 1. The quantitative estimate of drug-likeness (QED) is 0.0552. The molecule has 2 N–H and O–H groups in total. The Balaban J connectivity index is 1.23. The summed E-state index contributed by atoms with van der Waals surface area (Å²) in [6, 6.07) is 4.00. The molecule has 0 aliphatic heterocycles. The number of hydrogen-bond acceptors (Lipinski definition) is 10. The van der Waals surface area contributed by atoms with E-state index in [2.05, 4.69) is 23.3 Å². The van der Waals surface area contributed by atoms with Crippen molar-refractivity contribution in [2.24, 2.45) is 0 Å². The summed E-state index contributed by atoms with van der Waals surface area (Å²) in [5.74, 6) is 0.114. The van der Waals surface area contributed by atoms with Crippen LogP contribution in [0.15, 0.2) is 22.9 Å². The Morgan fingerprint density at radius 1 is 0.540 bits per heavy atom. The number of aromatic nitrogens is 2. The van der Waals surface area contributed by atoms with E-state index in [1.165, 1.54) is 99.7 Å². The second kappa shape index (κ2) is 22.1. The lowest BCUT2D eigenvalue weighted by molar-refractivity contribution is 0.558. The molecule has 0 saturated heterocycles. The van der Waals surface area contributed by atoms with Crippen molar-refractivity contribution >= 4 is 75.1 Å². The van der Waals surface area contributed by atoms with Gasteiger partial charge in [-0.2, -0.15) is 0 Å². The van der Waals surface area contributed by atoms with Crippen molar-refractivity contribution in [2.75, 3.05) is 24.6 Å². The first-order valence-corrected chi connectivity index (χ1v) is 25.3. The van der Waals surface area contributed by atoms with Crippen LogP contribution in [0.25, 0.3) is 29.4 Å². The van der Waals surface area contributed by atoms with Crippen LogP contribution in [-0.2, 0) is 32.9 Å². The smallest absolute Gasteiger partial charge is 0.211 e. The first-order valence-electron chi connectivity index (χ1n) is 18.6. The summed E-state index contributed by atoms with van der Waals surface area (Å²) < 4.78 is 56.4. The van der Waals surface area contributed by atoms with Crippen molar-refractivity contribution in [1.29, 1.82) is 0 Å². The molecule has 4 rings (SSSR count). The van der Waals surface area contributed by atoms with Crippen LogP contribution in [-0.4, -0.2) is 51.4 Å². The molecule has 0 aliphatic carbocycles. The lowest BCUT2D eigenvalue weighted by atomic mass is 10.1. The van der Waals surface area contributed by atoms with Gasteiger partial charge in [-0.05, 0) is 59.7 Å². The molecule has 4 aromatic heterocycles. The van der Waals surface area contributed by atoms with Crippen molar-refractivity contribution in [3.05, 3.63) is 34.0 Å². The minimum atomic E-state index is -3.35. The Labute approximate surface area is 317 Å². The molecule has 0 spiro atoms. The number of nitrogens with one attached hydrogen (secondary N) is 2. The van der Waals surface area contributed by atoms with E-state index in [0.29, 0.717) is 25.9 Å². The monoisotopic (exact) mass is 800 g/mol. The van der Waals surface area contributed by atoms with E-state index in [4.69, 9.17) is 9.97 Å². The van der Waals surface area contributed by atoms with Gasteiger partial charge >= 0.3 is 0 Å². The molecular weight excluding hydrogens is 745 g/mol. The van der Waals surface area contributed by atoms with Crippen LogP contribution < -0.4 is 9.44 Å². The van der Waals surface area contributed by atoms with Crippen LogP contribution in [0.2, 0.25) is 0 Å². The van der Waals surface area contributed by atoms with Gasteiger partial charge in [0.1, 0.15) is 10.0 Å². The average molecular weight is 801 g/mol. The number of rotatable bonds is 28. The Kier molecular flexibility index (Phi) is 18.3. The van der Waals surface area contributed by atoms with E-state index >= 15 is 0 Å². The predicted octanol–water partition coefficient (Wildman–Crippen LogP) is 10.4. The first-order chi connectivity index (χ1) is 24.2. The number of unbranched alkanes of at least 4 members (excludes halogenated alkanes) is 14. The normalized spacial score (nSPS) is 12.4. The van der Waals surface area contributed by atoms with Gasteiger partial charge in [0, 0.05) is 13.1 Å². The molecular formula is C36H56N4O4S6. The number of aryl methyl sites for hydroxylation is 2. The SMILES string of the molecule is CCCCCCCCCCNS(=O)(=O)CCc1ccsc1-c1nc2sc(-c3sccc3CCS(=O)(=O)NCCCCCCCCCC)nc2s1. The molecule has 0 saturated carbocycles. The Hall–Kier alpha value is -1.26. The van der Waals surface area contributed by atoms with E-state index in [1.807, 2.05) is 22.9 Å². The van der Waals surface area contributed by atoms with Gasteiger partial charge in [-0.3, -0.25) is 0 Å². The number of thiazole rings is 2. The fraction of sp³-hybridized carbons (Fsp3) is 0.667. The highest BCUT2D eigenvalue weighted by Gasteiger charge is 2.20. The zero-order chi connectivity index (χ0) is 35.7. The van der Waals surface area contributed by atoms with Gasteiger partial charge in [-0.15, -0.1) is 22.7 Å². The maximum Gasteiger partial charge on any atom is 0.211 e. The summed E-state index contributed by atoms with van der Waals surface area (Å²) in [5, 5.41) is 5.71. The minimum Gasteiger partial charge on any atom is -0.222 e. The van der Waals surface area contributed by atoms with E-state index < -0.39 is 20.0 Å². The standard InChI is InChI=1S/C36H56N4O4S6/c1-3-5-7-9-11-13-15-17-23-37-49(41,42)27-21-29-19-25-45-31(29)33-39-35-36(47-33)40-34(48-35)32-30(20-26-46-32)22-28-50(43,44)38-24-18-16-14-12-10-8-6-4-2/h19-20,25-26,37-38H,3-18,21-24,27-28H2,1-2H3. The summed E-state index contributed by atoms with van der Waals surface area (Å²) in [7, 11) is -6.70. The lowest BCUT2D eigenvalue weighted by Crippen LogP contribution is -2.28. The molecule has 0 fully saturated rings. The van der Waals surface area contributed by atoms with Gasteiger partial charge in [0.25, 0.3) is 0 Å². The molecule has 4 aromatic rings. The van der Waals surface area contributed by atoms with Crippen LogP contribution in [0.1, 0.15) is 128 Å². The molecule has 280 valence electrons. The fourth-order valence-corrected chi connectivity index (χ4v) is 12.3. The zero-order valence-corrected chi connectivity index (χ0v) is 34.7. The molecule has 0 aromatic carbocycles. The molecule has 0 unspecified atom stereocenters. The van der Waals surface area contributed by atoms with E-state index in [-0.39, 0.29) is 11.5 Å². The first kappa shape index (κ1) is 41.5. The minimum absolute atomic E-state index is 0.0570. The van der Waals surface area contributed by atoms with Crippen molar-refractivity contribution < 1.29 is 16.8 Å². The molecule has 8 nitrogen and oxygen atoms in total. The highest BCUT2D eigenvalue weighted by molar-refractivity contribution is 7.89. The largest absolute Gasteiger partial charge is 0.222 e. The van der Waals surface area contributed by atoms with Crippen molar-refractivity contribution in [1.82, 2.24) is 19.4 Å². The Morgan fingerprint density at radius 2 is 0.900 bits per heavy atom. The highest BCUT2D eigenvalue weighted by atomic mass is 32.2. The maximum absolute atomic E-state index is 12.7. The molecule has 0 atom stereocenters. The summed E-state index contributed by atoms with van der Waals surface area (Å²) in [4.78, 5) is 13.5. The van der Waals surface area contributed by atoms with Gasteiger partial charge in [-0.1, -0.05) is 126 Å². The summed E-state index contributed by atoms with van der Waals surface area (Å²) in [5.41, 5.74) is 1.98. The third-order valence-electron chi connectivity index (χ3n) is 8.84. The molecule has 14 heteroatoms. The van der Waals surface area contributed by atoms with Crippen LogP contribution in [0.3, 0.4) is 0 Å². The molecule has 4 heterocycles. The van der Waals surface area contributed by atoms with E-state index in [1.54, 1.807) is 22.7 Å². The fourth-order valence-electron chi connectivity index (χ4n) is 5.88. The third-order valence-corrected chi connectivity index (χ3v) is 15.9. The molecule has 0 aliphatic rings. The van der Waals surface area contributed by atoms with Crippen molar-refractivity contribution in [3.8, 4) is 19.8 Å². The number of hydrogen-bond donors (Lipinski definition) is 2. The average Bonchev–Trinajstić information content (AvgIpc) is 3.89. The van der Waals surface area contributed by atoms with Gasteiger partial charge in [-0.25, -0.2) is 36.2 Å². The molecule has 0 bridgehead atoms. The third kappa shape index (κ3) is 14.3. The summed E-state index contributed by atoms with van der Waals surface area (Å²) in [6.45, 7) is 5.45. The van der Waals surface area contributed by atoms with Crippen LogP contribution in [0.4, 0.5) is 0 Å². The second-order valence-corrected chi connectivity index (χ2v) is 20.7. The van der Waals surface area contributed by atoms with Crippen LogP contribution >= 0.6 is 45.3 Å². The van der Waals surface area contributed by atoms with Gasteiger partial charge in [0.15, 0.2) is 9.66 Å². The van der Waals surface area contributed by atoms with Gasteiger partial charge < -0.3 is 0 Å². The number of nitrogens with zero attached hydrogens (tertiary/aromatic N) is 2. The molecule has 50 heavy (non-hydrogen) atoms. The Bertz CT molecular complexity index is 1600. The number of thiophene rings is 2. The van der Waals surface area contributed by atoms with Crippen LogP contribution in [0.5, 0.6) is 0 Å². The molecule has 0 radical (unpaired) electrons. The summed E-state index contributed by atoms with van der Waals surface area (Å²) in [6.07, 6.45) is 19.8. The Morgan fingerprint density at radius 3 is 1.28 bits per heavy atom. The predicted molar refractivity (Wildman–Crippen MR) is 218 cm³/mol. The highest BCUT2D eigenvalue weighted by Crippen LogP contribution is 2.41. The van der Waals surface area contributed by atoms with E-state index in [0.717, 1.165) is 66.2 Å². The van der Waals surface area contributed by atoms with Crippen molar-refractivity contribution in [3.63, 3.8) is 0 Å². The summed E-state index contributed by atoms with van der Waals surface area (Å²) >= 11 is 6.21. The zero-order valence-electron chi connectivity index (χ0n) is 29.8. The lowest BCUT2D eigenvalue weighted by Gasteiger charge is -2.07. The van der Waals surface area contributed by atoms with Crippen molar-refractivity contribution in [2.45, 2.75) is 129 Å². The van der Waals surface area contributed by atoms with Crippen LogP contribution in [0, 0.1) is 0 Å². The van der Waals surface area contributed by atoms with Gasteiger partial charge in [0.2, 0.25) is 20.0 Å².